The summed E-state index contributed by atoms with van der Waals surface area (Å²) < 4.78 is 5.01. The molecule has 19 heavy (non-hydrogen) atoms. The zero-order chi connectivity index (χ0) is 15.1. The number of carboxylic acid groups (broad SMARTS) is 1. The first-order chi connectivity index (χ1) is 8.69. The van der Waals surface area contributed by atoms with Crippen molar-refractivity contribution >= 4 is 12.0 Å². The number of rotatable bonds is 8. The molecule has 0 saturated carbocycles. The summed E-state index contributed by atoms with van der Waals surface area (Å²) in [4.78, 5) is 22.6. The molecular formula is C13H26N2O4. The summed E-state index contributed by atoms with van der Waals surface area (Å²) in [5.74, 6) is -1.19. The van der Waals surface area contributed by atoms with Gasteiger partial charge in [0.05, 0.1) is 0 Å². The lowest BCUT2D eigenvalue weighted by Crippen LogP contribution is -2.50. The zero-order valence-corrected chi connectivity index (χ0v) is 12.4. The zero-order valence-electron chi connectivity index (χ0n) is 12.4. The van der Waals surface area contributed by atoms with E-state index >= 15 is 0 Å². The molecule has 0 aromatic carbocycles. The molecule has 0 fully saturated rings. The van der Waals surface area contributed by atoms with E-state index in [1.165, 1.54) is 0 Å². The van der Waals surface area contributed by atoms with Crippen LogP contribution in [0.1, 0.15) is 34.1 Å². The second-order valence-electron chi connectivity index (χ2n) is 5.79. The number of ether oxygens (including phenoxy) is 1. The van der Waals surface area contributed by atoms with E-state index in [9.17, 15) is 9.59 Å². The summed E-state index contributed by atoms with van der Waals surface area (Å²) in [7, 11) is 1.64. The third kappa shape index (κ3) is 7.66. The molecule has 1 atom stereocenters. The Kier molecular flexibility index (Phi) is 7.44. The first-order valence-electron chi connectivity index (χ1n) is 6.45. The van der Waals surface area contributed by atoms with E-state index in [0.717, 1.165) is 6.42 Å². The van der Waals surface area contributed by atoms with Gasteiger partial charge in [-0.15, -0.1) is 0 Å². The Bertz CT molecular complexity index is 303. The fourth-order valence-corrected chi connectivity index (χ4v) is 1.49. The predicted molar refractivity (Wildman–Crippen MR) is 73.1 cm³/mol. The van der Waals surface area contributed by atoms with Crippen LogP contribution in [0, 0.1) is 11.3 Å². The minimum Gasteiger partial charge on any atom is -0.480 e. The van der Waals surface area contributed by atoms with Gasteiger partial charge in [-0.3, -0.25) is 0 Å². The number of methoxy groups -OCH3 is 1. The molecule has 0 rings (SSSR count). The number of carboxylic acids is 1. The summed E-state index contributed by atoms with van der Waals surface area (Å²) in [6.45, 7) is 8.63. The van der Waals surface area contributed by atoms with E-state index in [0.29, 0.717) is 13.2 Å². The van der Waals surface area contributed by atoms with E-state index in [1.54, 1.807) is 21.0 Å². The SMILES string of the molecule is COCCC(C)(C)CNC(=O)N[C@H](C(=O)O)C(C)C. The molecule has 0 aliphatic rings. The Balaban J connectivity index is 4.20. The standard InChI is InChI=1S/C13H26N2O4/c1-9(2)10(11(16)17)15-12(18)14-8-13(3,4)6-7-19-5/h9-10H,6-8H2,1-5H3,(H,16,17)(H2,14,15,18)/t10-/m0/s1. The Labute approximate surface area is 114 Å². The highest BCUT2D eigenvalue weighted by Gasteiger charge is 2.24. The third-order valence-electron chi connectivity index (χ3n) is 2.93. The van der Waals surface area contributed by atoms with Crippen LogP contribution in [-0.4, -0.2) is 43.4 Å². The molecule has 2 amide bonds. The van der Waals surface area contributed by atoms with Crippen LogP contribution in [0.15, 0.2) is 0 Å². The summed E-state index contributed by atoms with van der Waals surface area (Å²) in [6, 6.07) is -1.33. The highest BCUT2D eigenvalue weighted by molar-refractivity contribution is 5.82. The highest BCUT2D eigenvalue weighted by Crippen LogP contribution is 2.18. The molecule has 112 valence electrons. The molecule has 0 spiro atoms. The molecule has 0 saturated heterocycles. The van der Waals surface area contributed by atoms with Crippen LogP contribution in [0.2, 0.25) is 0 Å². The predicted octanol–water partition coefficient (Wildman–Crippen LogP) is 1.46. The lowest BCUT2D eigenvalue weighted by molar-refractivity contribution is -0.140. The lowest BCUT2D eigenvalue weighted by Gasteiger charge is -2.25. The fourth-order valence-electron chi connectivity index (χ4n) is 1.49. The Morgan fingerprint density at radius 1 is 1.32 bits per heavy atom. The largest absolute Gasteiger partial charge is 0.480 e. The second-order valence-corrected chi connectivity index (χ2v) is 5.79. The van der Waals surface area contributed by atoms with E-state index < -0.39 is 18.0 Å². The number of hydrogen-bond acceptors (Lipinski definition) is 3. The van der Waals surface area contributed by atoms with Crippen LogP contribution in [0.3, 0.4) is 0 Å². The summed E-state index contributed by atoms with van der Waals surface area (Å²) >= 11 is 0. The number of carbonyl (C=O) groups excluding carboxylic acids is 1. The summed E-state index contributed by atoms with van der Waals surface area (Å²) in [5.41, 5.74) is -0.0934. The van der Waals surface area contributed by atoms with Crippen molar-refractivity contribution in [2.24, 2.45) is 11.3 Å². The molecule has 6 heteroatoms. The van der Waals surface area contributed by atoms with Gasteiger partial charge in [0.1, 0.15) is 6.04 Å². The number of nitrogens with one attached hydrogen (secondary N) is 2. The van der Waals surface area contributed by atoms with Crippen molar-refractivity contribution in [1.29, 1.82) is 0 Å². The maximum Gasteiger partial charge on any atom is 0.326 e. The smallest absolute Gasteiger partial charge is 0.326 e. The minimum atomic E-state index is -1.02. The van der Waals surface area contributed by atoms with Crippen molar-refractivity contribution in [2.75, 3.05) is 20.3 Å². The van der Waals surface area contributed by atoms with Crippen LogP contribution in [0.4, 0.5) is 4.79 Å². The topological polar surface area (TPSA) is 87.7 Å². The summed E-state index contributed by atoms with van der Waals surface area (Å²) in [5, 5.41) is 14.1. The van der Waals surface area contributed by atoms with Crippen molar-refractivity contribution in [1.82, 2.24) is 10.6 Å². The molecule has 3 N–H and O–H groups in total. The van der Waals surface area contributed by atoms with Crippen LogP contribution in [0.25, 0.3) is 0 Å². The summed E-state index contributed by atoms with van der Waals surface area (Å²) in [6.07, 6.45) is 0.816. The highest BCUT2D eigenvalue weighted by atomic mass is 16.5. The van der Waals surface area contributed by atoms with Crippen molar-refractivity contribution in [2.45, 2.75) is 40.2 Å². The molecule has 0 aromatic rings. The number of aliphatic carboxylic acids is 1. The van der Waals surface area contributed by atoms with Crippen molar-refractivity contribution in [3.63, 3.8) is 0 Å². The monoisotopic (exact) mass is 274 g/mol. The quantitative estimate of drug-likeness (QED) is 0.625. The van der Waals surface area contributed by atoms with E-state index in [-0.39, 0.29) is 11.3 Å². The molecule has 0 aliphatic carbocycles. The van der Waals surface area contributed by atoms with Gasteiger partial charge >= 0.3 is 12.0 Å². The van der Waals surface area contributed by atoms with Gasteiger partial charge in [-0.1, -0.05) is 27.7 Å². The Hall–Kier alpha value is -1.30. The van der Waals surface area contributed by atoms with E-state index in [2.05, 4.69) is 10.6 Å². The number of urea groups is 1. The van der Waals surface area contributed by atoms with Gasteiger partial charge in [0.25, 0.3) is 0 Å². The van der Waals surface area contributed by atoms with Crippen LogP contribution >= 0.6 is 0 Å². The van der Waals surface area contributed by atoms with Crippen LogP contribution in [-0.2, 0) is 9.53 Å². The first kappa shape index (κ1) is 17.7. The van der Waals surface area contributed by atoms with Crippen LogP contribution in [0.5, 0.6) is 0 Å². The Morgan fingerprint density at radius 3 is 2.32 bits per heavy atom. The molecule has 0 aromatic heterocycles. The average molecular weight is 274 g/mol. The van der Waals surface area contributed by atoms with E-state index in [1.807, 2.05) is 13.8 Å². The van der Waals surface area contributed by atoms with Gasteiger partial charge in [-0.25, -0.2) is 9.59 Å². The fraction of sp³-hybridized carbons (Fsp3) is 0.846. The molecule has 0 aliphatic heterocycles. The van der Waals surface area contributed by atoms with Crippen molar-refractivity contribution in [3.05, 3.63) is 0 Å². The van der Waals surface area contributed by atoms with Gasteiger partial charge in [0, 0.05) is 20.3 Å². The number of carbonyl (C=O) groups is 2. The van der Waals surface area contributed by atoms with Crippen molar-refractivity contribution in [3.8, 4) is 0 Å². The number of amides is 2. The number of hydrogen-bond donors (Lipinski definition) is 3. The molecule has 0 radical (unpaired) electrons. The second kappa shape index (κ2) is 7.99. The van der Waals surface area contributed by atoms with Gasteiger partial charge < -0.3 is 20.5 Å². The van der Waals surface area contributed by atoms with Crippen molar-refractivity contribution < 1.29 is 19.4 Å². The molecular weight excluding hydrogens is 248 g/mol. The maximum atomic E-state index is 11.7. The molecule has 0 bridgehead atoms. The van der Waals surface area contributed by atoms with Gasteiger partial charge in [-0.05, 0) is 17.8 Å². The first-order valence-corrected chi connectivity index (χ1v) is 6.45. The average Bonchev–Trinajstić information content (AvgIpc) is 2.30. The van der Waals surface area contributed by atoms with E-state index in [4.69, 9.17) is 9.84 Å². The molecule has 0 heterocycles. The maximum absolute atomic E-state index is 11.7. The van der Waals surface area contributed by atoms with Gasteiger partial charge in [0.2, 0.25) is 0 Å². The van der Waals surface area contributed by atoms with Gasteiger partial charge in [0.15, 0.2) is 0 Å². The lowest BCUT2D eigenvalue weighted by atomic mass is 9.90. The molecule has 0 unspecified atom stereocenters. The van der Waals surface area contributed by atoms with Crippen LogP contribution < -0.4 is 10.6 Å². The minimum absolute atomic E-state index is 0.0934. The third-order valence-corrected chi connectivity index (χ3v) is 2.93. The molecule has 6 nitrogen and oxygen atoms in total. The van der Waals surface area contributed by atoms with Gasteiger partial charge in [-0.2, -0.15) is 0 Å². The normalized spacial score (nSPS) is 13.2. The Morgan fingerprint density at radius 2 is 1.89 bits per heavy atom.